The molecule has 0 amide bonds. The first kappa shape index (κ1) is 9.92. The van der Waals surface area contributed by atoms with E-state index in [1.807, 2.05) is 24.9 Å². The standard InChI is InChI=1S/C9H16N4/c1-7-4-9(12-11-6-7)13(3)8(2)5-10/h4,6,8H,5,10H2,1-3H3. The predicted molar refractivity (Wildman–Crippen MR) is 53.7 cm³/mol. The zero-order valence-corrected chi connectivity index (χ0v) is 8.36. The molecule has 0 radical (unpaired) electrons. The van der Waals surface area contributed by atoms with Gasteiger partial charge < -0.3 is 10.6 Å². The van der Waals surface area contributed by atoms with Crippen molar-refractivity contribution in [1.82, 2.24) is 10.2 Å². The molecule has 0 fully saturated rings. The van der Waals surface area contributed by atoms with E-state index in [2.05, 4.69) is 17.1 Å². The predicted octanol–water partition coefficient (Wildman–Crippen LogP) is 0.568. The number of aryl methyl sites for hydroxylation is 1. The molecular weight excluding hydrogens is 164 g/mol. The second-order valence-corrected chi connectivity index (χ2v) is 3.29. The van der Waals surface area contributed by atoms with Crippen molar-refractivity contribution in [1.29, 1.82) is 0 Å². The molecule has 0 aromatic carbocycles. The summed E-state index contributed by atoms with van der Waals surface area (Å²) in [5, 5.41) is 7.92. The highest BCUT2D eigenvalue weighted by Crippen LogP contribution is 2.10. The summed E-state index contributed by atoms with van der Waals surface area (Å²) in [5.41, 5.74) is 6.67. The van der Waals surface area contributed by atoms with E-state index in [1.54, 1.807) is 6.20 Å². The van der Waals surface area contributed by atoms with Gasteiger partial charge in [-0.15, -0.1) is 5.10 Å². The van der Waals surface area contributed by atoms with Crippen LogP contribution < -0.4 is 10.6 Å². The Morgan fingerprint density at radius 3 is 2.85 bits per heavy atom. The first-order valence-corrected chi connectivity index (χ1v) is 4.37. The normalized spacial score (nSPS) is 12.6. The van der Waals surface area contributed by atoms with Crippen LogP contribution in [0.1, 0.15) is 12.5 Å². The molecule has 0 saturated heterocycles. The highest BCUT2D eigenvalue weighted by atomic mass is 15.3. The molecule has 13 heavy (non-hydrogen) atoms. The quantitative estimate of drug-likeness (QED) is 0.738. The summed E-state index contributed by atoms with van der Waals surface area (Å²) in [6, 6.07) is 2.29. The third-order valence-electron chi connectivity index (χ3n) is 2.14. The lowest BCUT2D eigenvalue weighted by molar-refractivity contribution is 0.681. The van der Waals surface area contributed by atoms with Crippen molar-refractivity contribution in [2.45, 2.75) is 19.9 Å². The van der Waals surface area contributed by atoms with Crippen molar-refractivity contribution in [2.24, 2.45) is 5.73 Å². The van der Waals surface area contributed by atoms with Crippen LogP contribution in [0.5, 0.6) is 0 Å². The van der Waals surface area contributed by atoms with Crippen molar-refractivity contribution in [3.8, 4) is 0 Å². The molecule has 1 rings (SSSR count). The maximum Gasteiger partial charge on any atom is 0.151 e. The van der Waals surface area contributed by atoms with Crippen LogP contribution in [0.2, 0.25) is 0 Å². The SMILES string of the molecule is Cc1cnnc(N(C)C(C)CN)c1. The number of hydrogen-bond donors (Lipinski definition) is 1. The summed E-state index contributed by atoms with van der Waals surface area (Å²) in [4.78, 5) is 2.03. The van der Waals surface area contributed by atoms with Gasteiger partial charge in [0.2, 0.25) is 0 Å². The fraction of sp³-hybridized carbons (Fsp3) is 0.556. The molecule has 0 saturated carbocycles. The van der Waals surface area contributed by atoms with Gasteiger partial charge in [-0.2, -0.15) is 5.10 Å². The maximum atomic E-state index is 5.56. The van der Waals surface area contributed by atoms with E-state index in [0.29, 0.717) is 6.54 Å². The second-order valence-electron chi connectivity index (χ2n) is 3.29. The van der Waals surface area contributed by atoms with Crippen molar-refractivity contribution < 1.29 is 0 Å². The summed E-state index contributed by atoms with van der Waals surface area (Å²) >= 11 is 0. The number of rotatable bonds is 3. The van der Waals surface area contributed by atoms with E-state index >= 15 is 0 Å². The zero-order chi connectivity index (χ0) is 9.84. The Balaban J connectivity index is 2.82. The van der Waals surface area contributed by atoms with Gasteiger partial charge in [0.1, 0.15) is 0 Å². The summed E-state index contributed by atoms with van der Waals surface area (Å²) in [6.45, 7) is 4.68. The summed E-state index contributed by atoms with van der Waals surface area (Å²) in [6.07, 6.45) is 1.74. The van der Waals surface area contributed by atoms with Crippen LogP contribution in [0.25, 0.3) is 0 Å². The minimum atomic E-state index is 0.288. The average molecular weight is 180 g/mol. The number of anilines is 1. The topological polar surface area (TPSA) is 55.0 Å². The van der Waals surface area contributed by atoms with Gasteiger partial charge >= 0.3 is 0 Å². The number of nitrogens with two attached hydrogens (primary N) is 1. The molecule has 1 heterocycles. The van der Waals surface area contributed by atoms with Crippen molar-refractivity contribution in [3.05, 3.63) is 17.8 Å². The highest BCUT2D eigenvalue weighted by molar-refractivity contribution is 5.39. The Labute approximate surface area is 78.8 Å². The van der Waals surface area contributed by atoms with Crippen molar-refractivity contribution >= 4 is 5.82 Å². The maximum absolute atomic E-state index is 5.56. The van der Waals surface area contributed by atoms with Crippen LogP contribution in [-0.2, 0) is 0 Å². The van der Waals surface area contributed by atoms with Crippen LogP contribution in [-0.4, -0.2) is 29.8 Å². The van der Waals surface area contributed by atoms with Gasteiger partial charge in [-0.25, -0.2) is 0 Å². The fourth-order valence-corrected chi connectivity index (χ4v) is 1.01. The molecule has 0 spiro atoms. The molecule has 1 aromatic heterocycles. The van der Waals surface area contributed by atoms with Gasteiger partial charge in [0.25, 0.3) is 0 Å². The number of likely N-dealkylation sites (N-methyl/N-ethyl adjacent to an activating group) is 1. The van der Waals surface area contributed by atoms with Gasteiger partial charge in [0.15, 0.2) is 5.82 Å². The summed E-state index contributed by atoms with van der Waals surface area (Å²) in [7, 11) is 1.97. The molecule has 0 aliphatic carbocycles. The van der Waals surface area contributed by atoms with Crippen LogP contribution in [0.4, 0.5) is 5.82 Å². The Morgan fingerprint density at radius 1 is 1.62 bits per heavy atom. The molecule has 0 aliphatic heterocycles. The van der Waals surface area contributed by atoms with E-state index in [0.717, 1.165) is 11.4 Å². The van der Waals surface area contributed by atoms with E-state index in [-0.39, 0.29) is 6.04 Å². The van der Waals surface area contributed by atoms with E-state index < -0.39 is 0 Å². The monoisotopic (exact) mass is 180 g/mol. The average Bonchev–Trinajstić information content (AvgIpc) is 2.15. The lowest BCUT2D eigenvalue weighted by atomic mass is 10.3. The Morgan fingerprint density at radius 2 is 2.31 bits per heavy atom. The lowest BCUT2D eigenvalue weighted by Crippen LogP contribution is -2.35. The number of aromatic nitrogens is 2. The van der Waals surface area contributed by atoms with E-state index in [4.69, 9.17) is 5.73 Å². The molecule has 0 aliphatic rings. The van der Waals surface area contributed by atoms with Crippen LogP contribution in [0.3, 0.4) is 0 Å². The molecule has 1 unspecified atom stereocenters. The third-order valence-corrected chi connectivity index (χ3v) is 2.14. The van der Waals surface area contributed by atoms with Gasteiger partial charge in [0, 0.05) is 19.6 Å². The minimum absolute atomic E-state index is 0.288. The molecule has 4 heteroatoms. The summed E-state index contributed by atoms with van der Waals surface area (Å²) < 4.78 is 0. The first-order chi connectivity index (χ1) is 6.15. The molecule has 2 N–H and O–H groups in total. The van der Waals surface area contributed by atoms with Gasteiger partial charge in [-0.1, -0.05) is 0 Å². The molecule has 1 atom stereocenters. The first-order valence-electron chi connectivity index (χ1n) is 4.37. The van der Waals surface area contributed by atoms with Crippen LogP contribution >= 0.6 is 0 Å². The smallest absolute Gasteiger partial charge is 0.151 e. The molecule has 1 aromatic rings. The third kappa shape index (κ3) is 2.39. The van der Waals surface area contributed by atoms with Gasteiger partial charge in [-0.3, -0.25) is 0 Å². The molecular formula is C9H16N4. The summed E-state index contributed by atoms with van der Waals surface area (Å²) in [5.74, 6) is 0.873. The zero-order valence-electron chi connectivity index (χ0n) is 8.36. The van der Waals surface area contributed by atoms with E-state index in [9.17, 15) is 0 Å². The van der Waals surface area contributed by atoms with Crippen LogP contribution in [0, 0.1) is 6.92 Å². The largest absolute Gasteiger partial charge is 0.354 e. The molecule has 0 bridgehead atoms. The van der Waals surface area contributed by atoms with Gasteiger partial charge in [-0.05, 0) is 25.5 Å². The van der Waals surface area contributed by atoms with Crippen LogP contribution in [0.15, 0.2) is 12.3 Å². The molecule has 4 nitrogen and oxygen atoms in total. The Hall–Kier alpha value is -1.16. The van der Waals surface area contributed by atoms with Gasteiger partial charge in [0.05, 0.1) is 6.20 Å². The second kappa shape index (κ2) is 4.18. The van der Waals surface area contributed by atoms with E-state index in [1.165, 1.54) is 0 Å². The van der Waals surface area contributed by atoms with Crippen molar-refractivity contribution in [2.75, 3.05) is 18.5 Å². The lowest BCUT2D eigenvalue weighted by Gasteiger charge is -2.24. The fourth-order valence-electron chi connectivity index (χ4n) is 1.01. The highest BCUT2D eigenvalue weighted by Gasteiger charge is 2.09. The number of nitrogens with zero attached hydrogens (tertiary/aromatic N) is 3. The Kier molecular flexibility index (Phi) is 3.19. The minimum Gasteiger partial charge on any atom is -0.354 e. The molecule has 72 valence electrons. The number of hydrogen-bond acceptors (Lipinski definition) is 4. The Bertz CT molecular complexity index is 274. The van der Waals surface area contributed by atoms with Crippen molar-refractivity contribution in [3.63, 3.8) is 0 Å².